The van der Waals surface area contributed by atoms with E-state index in [-0.39, 0.29) is 5.69 Å². The monoisotopic (exact) mass is 383 g/mol. The fourth-order valence-corrected chi connectivity index (χ4v) is 2.91. The number of rotatable bonds is 4. The molecule has 0 amide bonds. The number of ether oxygens (including phenoxy) is 1. The third-order valence-electron chi connectivity index (χ3n) is 4.25. The number of nitrogens with zero attached hydrogens (tertiary/aromatic N) is 5. The molecular weight excluding hydrogens is 367 g/mol. The van der Waals surface area contributed by atoms with Crippen molar-refractivity contribution >= 4 is 17.2 Å². The van der Waals surface area contributed by atoms with E-state index in [1.54, 1.807) is 11.1 Å². The number of halogens is 3. The molecule has 0 spiro atoms. The van der Waals surface area contributed by atoms with Gasteiger partial charge in [0.05, 0.1) is 30.0 Å². The Morgan fingerprint density at radius 2 is 1.81 bits per heavy atom. The number of aromatic nitrogens is 2. The molecule has 27 heavy (non-hydrogen) atoms. The van der Waals surface area contributed by atoms with E-state index in [2.05, 4.69) is 9.97 Å². The average molecular weight is 383 g/mol. The molecule has 0 unspecified atom stereocenters. The molecule has 0 saturated carbocycles. The minimum Gasteiger partial charge on any atom is -0.480 e. The van der Waals surface area contributed by atoms with E-state index >= 15 is 0 Å². The van der Waals surface area contributed by atoms with Crippen molar-refractivity contribution in [3.05, 3.63) is 46.3 Å². The maximum absolute atomic E-state index is 13.4. The van der Waals surface area contributed by atoms with Crippen LogP contribution in [0.4, 0.5) is 30.4 Å². The molecule has 0 atom stereocenters. The highest BCUT2D eigenvalue weighted by molar-refractivity contribution is 5.60. The lowest BCUT2D eigenvalue weighted by Gasteiger charge is -2.37. The summed E-state index contributed by atoms with van der Waals surface area (Å²) in [6.45, 7) is 1.46. The number of anilines is 2. The second-order valence-corrected chi connectivity index (χ2v) is 5.85. The molecule has 11 heteroatoms. The molecule has 144 valence electrons. The lowest BCUT2D eigenvalue weighted by atomic mass is 10.1. The summed E-state index contributed by atoms with van der Waals surface area (Å²) in [6, 6.07) is 2.82. The van der Waals surface area contributed by atoms with Crippen LogP contribution in [-0.4, -0.2) is 48.2 Å². The first kappa shape index (κ1) is 18.7. The van der Waals surface area contributed by atoms with Crippen LogP contribution in [0.5, 0.6) is 5.88 Å². The lowest BCUT2D eigenvalue weighted by molar-refractivity contribution is -0.385. The predicted molar refractivity (Wildman–Crippen MR) is 91.1 cm³/mol. The standard InChI is InChI=1S/C16H16F3N5O3/c1-27-15-10-20-9-14(21-15)23-6-4-22(5-7-23)13-3-2-11(24(25)26)8-12(13)16(17,18)19/h2-3,8-10H,4-7H2,1H3. The molecule has 1 aromatic heterocycles. The third-order valence-corrected chi connectivity index (χ3v) is 4.25. The largest absolute Gasteiger partial charge is 0.480 e. The van der Waals surface area contributed by atoms with E-state index in [1.165, 1.54) is 13.3 Å². The number of methoxy groups -OCH3 is 1. The van der Waals surface area contributed by atoms with Crippen LogP contribution < -0.4 is 14.5 Å². The number of benzene rings is 1. The molecule has 0 radical (unpaired) electrons. The van der Waals surface area contributed by atoms with Crippen molar-refractivity contribution in [3.8, 4) is 5.88 Å². The normalized spacial score (nSPS) is 15.0. The number of piperazine rings is 1. The second kappa shape index (κ2) is 7.25. The summed E-state index contributed by atoms with van der Waals surface area (Å²) in [5, 5.41) is 10.8. The van der Waals surface area contributed by atoms with Crippen LogP contribution in [0.1, 0.15) is 5.56 Å². The van der Waals surface area contributed by atoms with Crippen LogP contribution in [0, 0.1) is 10.1 Å². The van der Waals surface area contributed by atoms with Crippen molar-refractivity contribution in [1.29, 1.82) is 0 Å². The molecule has 0 bridgehead atoms. The van der Waals surface area contributed by atoms with Gasteiger partial charge >= 0.3 is 6.18 Å². The fourth-order valence-electron chi connectivity index (χ4n) is 2.91. The highest BCUT2D eigenvalue weighted by Crippen LogP contribution is 2.39. The van der Waals surface area contributed by atoms with Crippen LogP contribution in [0.2, 0.25) is 0 Å². The minimum atomic E-state index is -4.68. The molecule has 3 rings (SSSR count). The maximum atomic E-state index is 13.4. The Labute approximate surface area is 152 Å². The number of non-ortho nitro benzene ring substituents is 1. The van der Waals surface area contributed by atoms with Crippen molar-refractivity contribution in [2.24, 2.45) is 0 Å². The van der Waals surface area contributed by atoms with Gasteiger partial charge in [0.15, 0.2) is 5.82 Å². The first-order chi connectivity index (χ1) is 12.8. The van der Waals surface area contributed by atoms with Crippen LogP contribution in [-0.2, 0) is 6.18 Å². The zero-order chi connectivity index (χ0) is 19.6. The Balaban J connectivity index is 1.80. The van der Waals surface area contributed by atoms with Crippen LogP contribution >= 0.6 is 0 Å². The molecule has 0 aliphatic carbocycles. The Morgan fingerprint density at radius 1 is 1.15 bits per heavy atom. The molecule has 1 aromatic carbocycles. The van der Waals surface area contributed by atoms with Gasteiger partial charge in [-0.1, -0.05) is 0 Å². The van der Waals surface area contributed by atoms with Crippen molar-refractivity contribution in [3.63, 3.8) is 0 Å². The van der Waals surface area contributed by atoms with Gasteiger partial charge in [-0.3, -0.25) is 15.1 Å². The number of hydrogen-bond donors (Lipinski definition) is 0. The zero-order valence-electron chi connectivity index (χ0n) is 14.3. The van der Waals surface area contributed by atoms with Crippen molar-refractivity contribution < 1.29 is 22.8 Å². The SMILES string of the molecule is COc1cncc(N2CCN(c3ccc([N+](=O)[O-])cc3C(F)(F)F)CC2)n1. The molecule has 1 aliphatic rings. The number of alkyl halides is 3. The minimum absolute atomic E-state index is 0.0653. The van der Waals surface area contributed by atoms with Gasteiger partial charge in [-0.2, -0.15) is 18.2 Å². The van der Waals surface area contributed by atoms with Gasteiger partial charge in [-0.15, -0.1) is 0 Å². The molecule has 1 saturated heterocycles. The summed E-state index contributed by atoms with van der Waals surface area (Å²) >= 11 is 0. The molecular formula is C16H16F3N5O3. The topological polar surface area (TPSA) is 84.6 Å². The lowest BCUT2D eigenvalue weighted by Crippen LogP contribution is -2.47. The van der Waals surface area contributed by atoms with Gasteiger partial charge in [0.2, 0.25) is 5.88 Å². The van der Waals surface area contributed by atoms with Crippen molar-refractivity contribution in [1.82, 2.24) is 9.97 Å². The van der Waals surface area contributed by atoms with E-state index in [0.717, 1.165) is 12.1 Å². The number of nitro benzene ring substituents is 1. The Morgan fingerprint density at radius 3 is 2.41 bits per heavy atom. The first-order valence-corrected chi connectivity index (χ1v) is 8.01. The highest BCUT2D eigenvalue weighted by Gasteiger charge is 2.37. The maximum Gasteiger partial charge on any atom is 0.418 e. The van der Waals surface area contributed by atoms with Crippen LogP contribution in [0.15, 0.2) is 30.6 Å². The average Bonchev–Trinajstić information content (AvgIpc) is 2.67. The van der Waals surface area contributed by atoms with Gasteiger partial charge < -0.3 is 14.5 Å². The summed E-state index contributed by atoms with van der Waals surface area (Å²) in [5.41, 5.74) is -1.66. The fraction of sp³-hybridized carbons (Fsp3) is 0.375. The summed E-state index contributed by atoms with van der Waals surface area (Å²) < 4.78 is 45.2. The number of hydrogen-bond acceptors (Lipinski definition) is 7. The Hall–Kier alpha value is -3.11. The van der Waals surface area contributed by atoms with Crippen molar-refractivity contribution in [2.75, 3.05) is 43.1 Å². The first-order valence-electron chi connectivity index (χ1n) is 8.01. The smallest absolute Gasteiger partial charge is 0.418 e. The molecule has 8 nitrogen and oxygen atoms in total. The van der Waals surface area contributed by atoms with Gasteiger partial charge in [-0.05, 0) is 6.07 Å². The van der Waals surface area contributed by atoms with Gasteiger partial charge in [0, 0.05) is 44.0 Å². The summed E-state index contributed by atoms with van der Waals surface area (Å²) in [5.74, 6) is 0.929. The van der Waals surface area contributed by atoms with Gasteiger partial charge in [0.1, 0.15) is 0 Å². The van der Waals surface area contributed by atoms with Gasteiger partial charge in [-0.25, -0.2) is 0 Å². The summed E-state index contributed by atoms with van der Waals surface area (Å²) in [6.07, 6.45) is -1.66. The van der Waals surface area contributed by atoms with Crippen LogP contribution in [0.3, 0.4) is 0 Å². The second-order valence-electron chi connectivity index (χ2n) is 5.85. The highest BCUT2D eigenvalue weighted by atomic mass is 19.4. The van der Waals surface area contributed by atoms with E-state index < -0.39 is 22.4 Å². The predicted octanol–water partition coefficient (Wildman–Crippen LogP) is 2.74. The van der Waals surface area contributed by atoms with Crippen LogP contribution in [0.25, 0.3) is 0 Å². The summed E-state index contributed by atoms with van der Waals surface area (Å²) in [4.78, 5) is 21.7. The molecule has 1 aliphatic heterocycles. The Bertz CT molecular complexity index is 838. The molecule has 2 aromatic rings. The third kappa shape index (κ3) is 4.01. The van der Waals surface area contributed by atoms with E-state index in [1.807, 2.05) is 4.90 Å². The number of nitro groups is 1. The molecule has 1 fully saturated rings. The molecule has 0 N–H and O–H groups in total. The van der Waals surface area contributed by atoms with E-state index in [9.17, 15) is 23.3 Å². The van der Waals surface area contributed by atoms with Crippen molar-refractivity contribution in [2.45, 2.75) is 6.18 Å². The van der Waals surface area contributed by atoms with Gasteiger partial charge in [0.25, 0.3) is 5.69 Å². The van der Waals surface area contributed by atoms with E-state index in [4.69, 9.17) is 4.74 Å². The summed E-state index contributed by atoms with van der Waals surface area (Å²) in [7, 11) is 1.47. The van der Waals surface area contributed by atoms with E-state index in [0.29, 0.717) is 43.9 Å². The quantitative estimate of drug-likeness (QED) is 0.593. The zero-order valence-corrected chi connectivity index (χ0v) is 14.3. The Kier molecular flexibility index (Phi) is 5.02. The molecule has 2 heterocycles.